The van der Waals surface area contributed by atoms with E-state index >= 15 is 0 Å². The molecule has 1 aliphatic carbocycles. The minimum absolute atomic E-state index is 0.128. The molecule has 2 atom stereocenters. The van der Waals surface area contributed by atoms with E-state index in [0.29, 0.717) is 19.1 Å². The monoisotopic (exact) mass is 231 g/mol. The maximum atomic E-state index is 10.3. The lowest BCUT2D eigenvalue weighted by Crippen LogP contribution is -2.17. The van der Waals surface area contributed by atoms with Crippen molar-refractivity contribution in [3.8, 4) is 0 Å². The van der Waals surface area contributed by atoms with Crippen molar-refractivity contribution in [3.05, 3.63) is 35.9 Å². The molecule has 2 unspecified atom stereocenters. The molecule has 0 spiro atoms. The van der Waals surface area contributed by atoms with Gasteiger partial charge >= 0.3 is 0 Å². The van der Waals surface area contributed by atoms with Gasteiger partial charge in [-0.25, -0.2) is 9.79 Å². The van der Waals surface area contributed by atoms with Crippen molar-refractivity contribution in [1.29, 1.82) is 0 Å². The third kappa shape index (κ3) is 3.52. The number of hydrogen-bond donors (Lipinski definition) is 0. The fourth-order valence-electron chi connectivity index (χ4n) is 2.35. The van der Waals surface area contributed by atoms with Crippen molar-refractivity contribution in [2.24, 2.45) is 10.9 Å². The fourth-order valence-corrected chi connectivity index (χ4v) is 2.35. The summed E-state index contributed by atoms with van der Waals surface area (Å²) in [5.74, 6) is 0.389. The van der Waals surface area contributed by atoms with Gasteiger partial charge in [-0.15, -0.1) is 0 Å². The zero-order valence-electron chi connectivity index (χ0n) is 9.84. The molecule has 1 aromatic rings. The Morgan fingerprint density at radius 1 is 1.29 bits per heavy atom. The summed E-state index contributed by atoms with van der Waals surface area (Å²) in [4.78, 5) is 14.1. The van der Waals surface area contributed by atoms with Crippen molar-refractivity contribution in [2.45, 2.75) is 31.9 Å². The van der Waals surface area contributed by atoms with Crippen LogP contribution in [0, 0.1) is 5.92 Å². The summed E-state index contributed by atoms with van der Waals surface area (Å²) >= 11 is 0. The molecular formula is C14H17NO2. The van der Waals surface area contributed by atoms with Crippen LogP contribution >= 0.6 is 0 Å². The van der Waals surface area contributed by atoms with E-state index in [1.807, 2.05) is 18.2 Å². The molecule has 90 valence electrons. The van der Waals surface area contributed by atoms with Crippen LogP contribution in [0.1, 0.15) is 24.8 Å². The molecule has 0 amide bonds. The predicted molar refractivity (Wildman–Crippen MR) is 65.3 cm³/mol. The number of rotatable bonds is 5. The van der Waals surface area contributed by atoms with Crippen molar-refractivity contribution < 1.29 is 9.53 Å². The van der Waals surface area contributed by atoms with Gasteiger partial charge in [-0.2, -0.15) is 0 Å². The zero-order chi connectivity index (χ0) is 11.9. The number of hydrogen-bond acceptors (Lipinski definition) is 3. The average molecular weight is 231 g/mol. The lowest BCUT2D eigenvalue weighted by molar-refractivity contribution is 0.0844. The summed E-state index contributed by atoms with van der Waals surface area (Å²) in [5, 5.41) is 0. The molecule has 2 rings (SSSR count). The maximum absolute atomic E-state index is 10.3. The number of carbonyl (C=O) groups excluding carboxylic acids is 1. The Labute approximate surface area is 102 Å². The van der Waals surface area contributed by atoms with Crippen LogP contribution in [0.25, 0.3) is 0 Å². The van der Waals surface area contributed by atoms with Crippen LogP contribution in [0.2, 0.25) is 0 Å². The van der Waals surface area contributed by atoms with Crippen LogP contribution in [0.4, 0.5) is 0 Å². The number of benzene rings is 1. The first-order chi connectivity index (χ1) is 8.40. The van der Waals surface area contributed by atoms with Crippen LogP contribution < -0.4 is 0 Å². The van der Waals surface area contributed by atoms with E-state index in [9.17, 15) is 4.79 Å². The van der Waals surface area contributed by atoms with Gasteiger partial charge < -0.3 is 4.74 Å². The standard InChI is InChI=1S/C14H17NO2/c16-11-15-14-8-4-7-13(14)10-17-9-12-5-2-1-3-6-12/h1-3,5-6,13-14H,4,7-10H2. The van der Waals surface area contributed by atoms with Gasteiger partial charge in [0.05, 0.1) is 19.3 Å². The number of isocyanates is 1. The molecule has 1 aliphatic rings. The molecule has 1 aromatic carbocycles. The lowest BCUT2D eigenvalue weighted by atomic mass is 10.1. The molecular weight excluding hydrogens is 214 g/mol. The Kier molecular flexibility index (Phi) is 4.48. The number of nitrogens with zero attached hydrogens (tertiary/aromatic N) is 1. The minimum Gasteiger partial charge on any atom is -0.376 e. The highest BCUT2D eigenvalue weighted by atomic mass is 16.5. The molecule has 0 N–H and O–H groups in total. The zero-order valence-corrected chi connectivity index (χ0v) is 9.84. The largest absolute Gasteiger partial charge is 0.376 e. The molecule has 0 aliphatic heterocycles. The molecule has 1 fully saturated rings. The van der Waals surface area contributed by atoms with Gasteiger partial charge in [0.1, 0.15) is 0 Å². The molecule has 0 bridgehead atoms. The molecule has 1 saturated carbocycles. The molecule has 0 radical (unpaired) electrons. The van der Waals surface area contributed by atoms with Crippen LogP contribution in [-0.2, 0) is 16.1 Å². The summed E-state index contributed by atoms with van der Waals surface area (Å²) in [7, 11) is 0. The Bertz CT molecular complexity index is 384. The topological polar surface area (TPSA) is 38.7 Å². The molecule has 0 aromatic heterocycles. The first-order valence-electron chi connectivity index (χ1n) is 6.09. The van der Waals surface area contributed by atoms with E-state index in [2.05, 4.69) is 17.1 Å². The number of aliphatic imine (C=N–C) groups is 1. The van der Waals surface area contributed by atoms with Gasteiger partial charge in [0, 0.05) is 5.92 Å². The summed E-state index contributed by atoms with van der Waals surface area (Å²) in [6.07, 6.45) is 4.90. The molecule has 3 heteroatoms. The Morgan fingerprint density at radius 3 is 2.88 bits per heavy atom. The van der Waals surface area contributed by atoms with Gasteiger partial charge in [0.2, 0.25) is 6.08 Å². The molecule has 3 nitrogen and oxygen atoms in total. The summed E-state index contributed by atoms with van der Waals surface area (Å²) in [5.41, 5.74) is 1.18. The smallest absolute Gasteiger partial charge is 0.235 e. The van der Waals surface area contributed by atoms with Crippen LogP contribution in [0.5, 0.6) is 0 Å². The molecule has 0 heterocycles. The van der Waals surface area contributed by atoms with Crippen LogP contribution in [0.15, 0.2) is 35.3 Å². The third-order valence-electron chi connectivity index (χ3n) is 3.28. The second-order valence-electron chi connectivity index (χ2n) is 4.48. The molecule has 17 heavy (non-hydrogen) atoms. The summed E-state index contributed by atoms with van der Waals surface area (Å²) in [6.45, 7) is 1.32. The van der Waals surface area contributed by atoms with Gasteiger partial charge in [0.15, 0.2) is 0 Å². The second kappa shape index (κ2) is 6.33. The van der Waals surface area contributed by atoms with Crippen LogP contribution in [0.3, 0.4) is 0 Å². The van der Waals surface area contributed by atoms with E-state index in [-0.39, 0.29) is 6.04 Å². The number of ether oxygens (including phenoxy) is 1. The van der Waals surface area contributed by atoms with Crippen molar-refractivity contribution >= 4 is 6.08 Å². The second-order valence-corrected chi connectivity index (χ2v) is 4.48. The van der Waals surface area contributed by atoms with E-state index in [0.717, 1.165) is 19.3 Å². The van der Waals surface area contributed by atoms with Crippen molar-refractivity contribution in [2.75, 3.05) is 6.61 Å². The Hall–Kier alpha value is -1.44. The van der Waals surface area contributed by atoms with E-state index in [4.69, 9.17) is 4.74 Å². The minimum atomic E-state index is 0.128. The Morgan fingerprint density at radius 2 is 2.12 bits per heavy atom. The SMILES string of the molecule is O=C=NC1CCCC1COCc1ccccc1. The lowest BCUT2D eigenvalue weighted by Gasteiger charge is -2.14. The first-order valence-corrected chi connectivity index (χ1v) is 6.09. The third-order valence-corrected chi connectivity index (χ3v) is 3.28. The van der Waals surface area contributed by atoms with E-state index < -0.39 is 0 Å². The molecule has 0 saturated heterocycles. The predicted octanol–water partition coefficient (Wildman–Crippen LogP) is 2.71. The van der Waals surface area contributed by atoms with E-state index in [1.54, 1.807) is 6.08 Å². The quantitative estimate of drug-likeness (QED) is 0.577. The highest BCUT2D eigenvalue weighted by Gasteiger charge is 2.26. The van der Waals surface area contributed by atoms with Crippen molar-refractivity contribution in [1.82, 2.24) is 0 Å². The normalized spacial score (nSPS) is 23.3. The fraction of sp³-hybridized carbons (Fsp3) is 0.500. The van der Waals surface area contributed by atoms with Gasteiger partial charge in [-0.3, -0.25) is 0 Å². The summed E-state index contributed by atoms with van der Waals surface area (Å²) in [6, 6.07) is 10.2. The first kappa shape index (κ1) is 12.0. The summed E-state index contributed by atoms with van der Waals surface area (Å²) < 4.78 is 5.69. The van der Waals surface area contributed by atoms with Crippen molar-refractivity contribution in [3.63, 3.8) is 0 Å². The van der Waals surface area contributed by atoms with E-state index in [1.165, 1.54) is 5.56 Å². The van der Waals surface area contributed by atoms with Gasteiger partial charge in [-0.05, 0) is 18.4 Å². The highest BCUT2D eigenvalue weighted by molar-refractivity contribution is 5.33. The van der Waals surface area contributed by atoms with Gasteiger partial charge in [-0.1, -0.05) is 36.8 Å². The maximum Gasteiger partial charge on any atom is 0.235 e. The van der Waals surface area contributed by atoms with Crippen LogP contribution in [-0.4, -0.2) is 18.7 Å². The average Bonchev–Trinajstić information content (AvgIpc) is 2.79. The Balaban J connectivity index is 1.76. The highest BCUT2D eigenvalue weighted by Crippen LogP contribution is 2.28. The van der Waals surface area contributed by atoms with Gasteiger partial charge in [0.25, 0.3) is 0 Å².